The smallest absolute Gasteiger partial charge is 0.297 e. The molecule has 1 atom stereocenters. The summed E-state index contributed by atoms with van der Waals surface area (Å²) in [7, 11) is 0. The molecule has 0 aliphatic rings. The van der Waals surface area contributed by atoms with Gasteiger partial charge in [0.25, 0.3) is 11.5 Å². The summed E-state index contributed by atoms with van der Waals surface area (Å²) in [6.45, 7) is 5.98. The van der Waals surface area contributed by atoms with Gasteiger partial charge in [-0.1, -0.05) is 34.2 Å². The first kappa shape index (κ1) is 25.3. The topological polar surface area (TPSA) is 91.6 Å². The Kier molecular flexibility index (Phi) is 8.19. The van der Waals surface area contributed by atoms with E-state index in [0.717, 1.165) is 11.1 Å². The Bertz CT molecular complexity index is 1230. The molecular weight excluding hydrogens is 577 g/mol. The molecule has 0 unspecified atom stereocenters. The zero-order valence-electron chi connectivity index (χ0n) is 18.3. The monoisotopic (exact) mass is 599 g/mol. The van der Waals surface area contributed by atoms with Gasteiger partial charge in [-0.15, -0.1) is 11.3 Å². The molecule has 7 nitrogen and oxygen atoms in total. The lowest BCUT2D eigenvalue weighted by atomic mass is 10.1. The third-order valence-corrected chi connectivity index (χ3v) is 7.06. The highest BCUT2D eigenvalue weighted by Crippen LogP contribution is 2.27. The lowest BCUT2D eigenvalue weighted by Crippen LogP contribution is -2.39. The number of rotatable bonds is 7. The molecule has 0 spiro atoms. The molecule has 0 aliphatic carbocycles. The van der Waals surface area contributed by atoms with Gasteiger partial charge < -0.3 is 15.3 Å². The SMILES string of the molecule is CC(=O)N(C[C@@H](I)CNC(=O)c1ccc(Cl)s1)c1cc(C)c(-n2cccc(O)c2=O)c(C)c1. The van der Waals surface area contributed by atoms with Gasteiger partial charge in [-0.05, 0) is 61.4 Å². The number of aryl methyl sites for hydroxylation is 2. The Morgan fingerprint density at radius 1 is 1.24 bits per heavy atom. The quantitative estimate of drug-likeness (QED) is 0.310. The number of halogens is 2. The van der Waals surface area contributed by atoms with Crippen molar-refractivity contribution in [2.24, 2.45) is 0 Å². The predicted molar refractivity (Wildman–Crippen MR) is 141 cm³/mol. The van der Waals surface area contributed by atoms with Crippen molar-refractivity contribution in [1.82, 2.24) is 9.88 Å². The van der Waals surface area contributed by atoms with Crippen LogP contribution < -0.4 is 15.8 Å². The highest BCUT2D eigenvalue weighted by Gasteiger charge is 2.20. The van der Waals surface area contributed by atoms with Crippen molar-refractivity contribution in [3.8, 4) is 11.4 Å². The van der Waals surface area contributed by atoms with Crippen LogP contribution in [0, 0.1) is 13.8 Å². The lowest BCUT2D eigenvalue weighted by Gasteiger charge is -2.26. The van der Waals surface area contributed by atoms with E-state index in [-0.39, 0.29) is 21.5 Å². The van der Waals surface area contributed by atoms with Crippen LogP contribution in [-0.4, -0.2) is 38.5 Å². The van der Waals surface area contributed by atoms with Gasteiger partial charge in [-0.25, -0.2) is 0 Å². The highest BCUT2D eigenvalue weighted by atomic mass is 127. The zero-order chi connectivity index (χ0) is 24.3. The molecule has 174 valence electrons. The molecule has 0 saturated heterocycles. The normalized spacial score (nSPS) is 11.8. The molecule has 0 radical (unpaired) electrons. The van der Waals surface area contributed by atoms with Crippen LogP contribution in [0.3, 0.4) is 0 Å². The molecule has 10 heteroatoms. The van der Waals surface area contributed by atoms with E-state index < -0.39 is 5.56 Å². The predicted octanol–water partition coefficient (Wildman–Crippen LogP) is 4.46. The van der Waals surface area contributed by atoms with Crippen LogP contribution in [0.2, 0.25) is 4.34 Å². The zero-order valence-corrected chi connectivity index (χ0v) is 22.0. The fraction of sp³-hybridized carbons (Fsp3) is 0.261. The summed E-state index contributed by atoms with van der Waals surface area (Å²) in [6.07, 6.45) is 1.60. The minimum absolute atomic E-state index is 0.0418. The van der Waals surface area contributed by atoms with Crippen molar-refractivity contribution < 1.29 is 14.7 Å². The third-order valence-electron chi connectivity index (χ3n) is 5.00. The van der Waals surface area contributed by atoms with E-state index in [4.69, 9.17) is 11.6 Å². The van der Waals surface area contributed by atoms with E-state index in [9.17, 15) is 19.5 Å². The molecule has 0 aliphatic heterocycles. The number of benzene rings is 1. The van der Waals surface area contributed by atoms with Crippen LogP contribution in [0.5, 0.6) is 5.75 Å². The summed E-state index contributed by atoms with van der Waals surface area (Å²) in [6, 6.07) is 9.99. The van der Waals surface area contributed by atoms with Crippen LogP contribution in [0.25, 0.3) is 5.69 Å². The summed E-state index contributed by atoms with van der Waals surface area (Å²) in [5, 5.41) is 12.7. The molecule has 3 rings (SSSR count). The number of aromatic hydroxyl groups is 1. The number of alkyl halides is 1. The second kappa shape index (κ2) is 10.7. The Hall–Kier alpha value is -2.37. The molecule has 2 N–H and O–H groups in total. The second-order valence-electron chi connectivity index (χ2n) is 7.54. The number of pyridine rings is 1. The summed E-state index contributed by atoms with van der Waals surface area (Å²) in [5.41, 5.74) is 2.44. The summed E-state index contributed by atoms with van der Waals surface area (Å²) in [5.74, 6) is -0.657. The molecule has 1 aromatic carbocycles. The van der Waals surface area contributed by atoms with Crippen LogP contribution in [-0.2, 0) is 4.79 Å². The minimum atomic E-state index is -0.505. The number of thiophene rings is 1. The van der Waals surface area contributed by atoms with E-state index in [0.29, 0.717) is 33.7 Å². The van der Waals surface area contributed by atoms with Crippen LogP contribution in [0.1, 0.15) is 27.7 Å². The van der Waals surface area contributed by atoms with Gasteiger partial charge in [0.1, 0.15) is 0 Å². The number of nitrogens with one attached hydrogen (secondary N) is 1. The average molecular weight is 600 g/mol. The molecule has 33 heavy (non-hydrogen) atoms. The van der Waals surface area contributed by atoms with Crippen LogP contribution in [0.4, 0.5) is 5.69 Å². The van der Waals surface area contributed by atoms with Crippen LogP contribution >= 0.6 is 45.5 Å². The number of hydrogen-bond donors (Lipinski definition) is 2. The van der Waals surface area contributed by atoms with Gasteiger partial charge in [0.15, 0.2) is 5.75 Å². The van der Waals surface area contributed by atoms with Crippen molar-refractivity contribution in [2.75, 3.05) is 18.0 Å². The number of aromatic nitrogens is 1. The van der Waals surface area contributed by atoms with E-state index in [2.05, 4.69) is 27.9 Å². The maximum absolute atomic E-state index is 12.5. The number of carbonyl (C=O) groups is 2. The molecular formula is C23H23ClIN3O4S. The summed E-state index contributed by atoms with van der Waals surface area (Å²) >= 11 is 9.32. The van der Waals surface area contributed by atoms with Gasteiger partial charge in [-0.2, -0.15) is 0 Å². The molecule has 0 fully saturated rings. The van der Waals surface area contributed by atoms with Gasteiger partial charge in [-0.3, -0.25) is 19.0 Å². The van der Waals surface area contributed by atoms with Crippen molar-refractivity contribution in [1.29, 1.82) is 0 Å². The fourth-order valence-electron chi connectivity index (χ4n) is 3.53. The van der Waals surface area contributed by atoms with Crippen molar-refractivity contribution in [3.05, 3.63) is 73.3 Å². The number of amides is 2. The minimum Gasteiger partial charge on any atom is -0.503 e. The van der Waals surface area contributed by atoms with E-state index in [1.165, 1.54) is 28.9 Å². The summed E-state index contributed by atoms with van der Waals surface area (Å²) in [4.78, 5) is 39.3. The number of carbonyl (C=O) groups excluding carboxylic acids is 2. The van der Waals surface area contributed by atoms with Crippen molar-refractivity contribution in [3.63, 3.8) is 0 Å². The van der Waals surface area contributed by atoms with Gasteiger partial charge in [0, 0.05) is 35.8 Å². The first-order chi connectivity index (χ1) is 15.6. The molecule has 2 heterocycles. The number of anilines is 1. The highest BCUT2D eigenvalue weighted by molar-refractivity contribution is 14.1. The Labute approximate surface area is 214 Å². The van der Waals surface area contributed by atoms with E-state index in [1.54, 1.807) is 29.3 Å². The Morgan fingerprint density at radius 3 is 2.48 bits per heavy atom. The molecule has 2 amide bonds. The maximum atomic E-state index is 12.5. The van der Waals surface area contributed by atoms with Gasteiger partial charge in [0.05, 0.1) is 14.9 Å². The maximum Gasteiger partial charge on any atom is 0.297 e. The lowest BCUT2D eigenvalue weighted by molar-refractivity contribution is -0.116. The third kappa shape index (κ3) is 5.96. The summed E-state index contributed by atoms with van der Waals surface area (Å²) < 4.78 is 1.91. The van der Waals surface area contributed by atoms with Gasteiger partial charge in [0.2, 0.25) is 5.91 Å². The largest absolute Gasteiger partial charge is 0.503 e. The van der Waals surface area contributed by atoms with Crippen molar-refractivity contribution in [2.45, 2.75) is 24.7 Å². The molecule has 0 saturated carbocycles. The second-order valence-corrected chi connectivity index (χ2v) is 11.0. The molecule has 2 aromatic heterocycles. The van der Waals surface area contributed by atoms with E-state index >= 15 is 0 Å². The standard InChI is InChI=1S/C23H23ClIN3O4S/c1-13-9-17(10-14(2)21(13)27-8-4-5-18(30)23(27)32)28(15(3)29)12-16(25)11-26-22(31)19-6-7-20(24)33-19/h4-10,16,30H,11-12H2,1-3H3,(H,26,31)/t16-/m0/s1. The fourth-order valence-corrected chi connectivity index (χ4v) is 5.11. The van der Waals surface area contributed by atoms with Crippen molar-refractivity contribution >= 4 is 63.0 Å². The number of nitrogens with zero attached hydrogens (tertiary/aromatic N) is 2. The first-order valence-electron chi connectivity index (χ1n) is 10.1. The van der Waals surface area contributed by atoms with E-state index in [1.807, 2.05) is 26.0 Å². The molecule has 3 aromatic rings. The molecule has 0 bridgehead atoms. The Balaban J connectivity index is 1.79. The number of hydrogen-bond acceptors (Lipinski definition) is 5. The van der Waals surface area contributed by atoms with Crippen LogP contribution in [0.15, 0.2) is 47.4 Å². The first-order valence-corrected chi connectivity index (χ1v) is 12.5. The van der Waals surface area contributed by atoms with Gasteiger partial charge >= 0.3 is 0 Å². The Morgan fingerprint density at radius 2 is 1.91 bits per heavy atom. The average Bonchev–Trinajstić information content (AvgIpc) is 3.19.